The number of nitrogens with zero attached hydrogens (tertiary/aromatic N) is 1. The van der Waals surface area contributed by atoms with Crippen LogP contribution in [-0.4, -0.2) is 74.3 Å². The Morgan fingerprint density at radius 2 is 1.60 bits per heavy atom. The molecule has 1 saturated carbocycles. The quantitative estimate of drug-likeness (QED) is 0.228. The lowest BCUT2D eigenvalue weighted by Crippen LogP contribution is -2.65. The molecular formula is C33H30N2O8. The van der Waals surface area contributed by atoms with Crippen LogP contribution in [0.3, 0.4) is 0 Å². The zero-order valence-corrected chi connectivity index (χ0v) is 23.7. The Hall–Kier alpha value is -4.80. The van der Waals surface area contributed by atoms with Crippen LogP contribution < -0.4 is 5.73 Å². The van der Waals surface area contributed by atoms with Crippen LogP contribution in [0.2, 0.25) is 0 Å². The van der Waals surface area contributed by atoms with E-state index >= 15 is 0 Å². The number of nitrogens with two attached hydrogens (primary N) is 1. The van der Waals surface area contributed by atoms with Crippen molar-refractivity contribution in [1.82, 2.24) is 4.90 Å². The third-order valence-electron chi connectivity index (χ3n) is 9.20. The van der Waals surface area contributed by atoms with Crippen LogP contribution in [-0.2, 0) is 20.8 Å². The van der Waals surface area contributed by atoms with Crippen molar-refractivity contribution in [3.05, 3.63) is 82.1 Å². The normalized spacial score (nSPS) is 25.1. The molecule has 220 valence electrons. The lowest BCUT2D eigenvalue weighted by Gasteiger charge is -2.50. The molecule has 43 heavy (non-hydrogen) atoms. The minimum atomic E-state index is -2.70. The number of primary amides is 1. The summed E-state index contributed by atoms with van der Waals surface area (Å²) in [6.45, 7) is 1.49. The van der Waals surface area contributed by atoms with Gasteiger partial charge in [-0.1, -0.05) is 42.5 Å². The summed E-state index contributed by atoms with van der Waals surface area (Å²) in [7, 11) is 3.11. The highest BCUT2D eigenvalue weighted by atomic mass is 16.3. The molecule has 0 bridgehead atoms. The number of carbonyl (C=O) groups excluding carboxylic acids is 4. The molecule has 0 saturated heterocycles. The standard InChI is InChI=1S/C33H30N2O8/c1-14(36)16-8-9-19(18-7-5-4-6-17(16)18)20-10-11-23(37)25-21(20)12-15-13-22-27(35(2)3)29(39)26(32(34)42)31(41)33(22,43)30(40)24(15)28(25)38/h4-11,15,22,27,37-38,41,43H,12-13H2,1-3H3,(H2,34,42)/t15-,22-,27-,33-/m0/s1. The number of benzene rings is 3. The van der Waals surface area contributed by atoms with E-state index in [9.17, 15) is 39.6 Å². The first-order chi connectivity index (χ1) is 20.3. The Morgan fingerprint density at radius 1 is 0.953 bits per heavy atom. The van der Waals surface area contributed by atoms with Gasteiger partial charge in [0.05, 0.1) is 11.6 Å². The molecular weight excluding hydrogens is 552 g/mol. The first kappa shape index (κ1) is 28.3. The highest BCUT2D eigenvalue weighted by molar-refractivity contribution is 6.24. The minimum Gasteiger partial charge on any atom is -0.508 e. The largest absolute Gasteiger partial charge is 0.508 e. The zero-order valence-electron chi connectivity index (χ0n) is 23.7. The number of fused-ring (bicyclic) bond motifs is 4. The number of rotatable bonds is 4. The summed E-state index contributed by atoms with van der Waals surface area (Å²) >= 11 is 0. The molecule has 0 radical (unpaired) electrons. The van der Waals surface area contributed by atoms with Crippen LogP contribution in [0, 0.1) is 11.8 Å². The van der Waals surface area contributed by atoms with Crippen LogP contribution >= 0.6 is 0 Å². The van der Waals surface area contributed by atoms with E-state index in [0.29, 0.717) is 16.7 Å². The van der Waals surface area contributed by atoms with Crippen LogP contribution in [0.4, 0.5) is 0 Å². The SMILES string of the molecule is CC(=O)c1ccc(-c2ccc(O)c3c2C[C@H]2C[C@H]4[C@H](N(C)C)C(=O)C(C(N)=O)=C(O)[C@@]4(O)C(=O)C2=C3O)c2ccccc12. The van der Waals surface area contributed by atoms with Crippen molar-refractivity contribution >= 4 is 39.8 Å². The van der Waals surface area contributed by atoms with Gasteiger partial charge < -0.3 is 26.2 Å². The van der Waals surface area contributed by atoms with Gasteiger partial charge in [-0.05, 0) is 73.3 Å². The fraction of sp³-hybridized carbons (Fsp3) is 0.273. The molecule has 0 spiro atoms. The van der Waals surface area contributed by atoms with Crippen molar-refractivity contribution in [3.8, 4) is 16.9 Å². The van der Waals surface area contributed by atoms with Crippen molar-refractivity contribution < 1.29 is 39.6 Å². The molecule has 1 fully saturated rings. The fourth-order valence-electron chi connectivity index (χ4n) is 7.34. The Bertz CT molecular complexity index is 1870. The number of phenols is 1. The molecule has 3 aliphatic rings. The van der Waals surface area contributed by atoms with Gasteiger partial charge in [0.15, 0.2) is 17.2 Å². The number of amides is 1. The molecule has 6 rings (SSSR count). The molecule has 6 N–H and O–H groups in total. The van der Waals surface area contributed by atoms with Gasteiger partial charge in [0.1, 0.15) is 22.8 Å². The number of carbonyl (C=O) groups is 4. The molecule has 0 aliphatic heterocycles. The number of hydrogen-bond acceptors (Lipinski definition) is 9. The summed E-state index contributed by atoms with van der Waals surface area (Å²) in [5.41, 5.74) is 4.14. The van der Waals surface area contributed by atoms with Crippen LogP contribution in [0.1, 0.15) is 34.8 Å². The smallest absolute Gasteiger partial charge is 0.255 e. The second-order valence-electron chi connectivity index (χ2n) is 11.7. The molecule has 0 aromatic heterocycles. The predicted octanol–water partition coefficient (Wildman–Crippen LogP) is 2.99. The second kappa shape index (κ2) is 9.62. The number of ketones is 3. The summed E-state index contributed by atoms with van der Waals surface area (Å²) in [6.07, 6.45) is 0.145. The molecule has 0 unspecified atom stereocenters. The van der Waals surface area contributed by atoms with Crippen molar-refractivity contribution in [2.24, 2.45) is 17.6 Å². The molecule has 3 aliphatic carbocycles. The highest BCUT2D eigenvalue weighted by Gasteiger charge is 2.64. The number of hydrogen-bond donors (Lipinski definition) is 5. The maximum absolute atomic E-state index is 14.1. The maximum Gasteiger partial charge on any atom is 0.255 e. The van der Waals surface area contributed by atoms with E-state index in [4.69, 9.17) is 5.73 Å². The fourth-order valence-corrected chi connectivity index (χ4v) is 7.34. The number of aliphatic hydroxyl groups is 3. The summed E-state index contributed by atoms with van der Waals surface area (Å²) in [5, 5.41) is 46.8. The van der Waals surface area contributed by atoms with E-state index in [0.717, 1.165) is 16.3 Å². The van der Waals surface area contributed by atoms with Crippen molar-refractivity contribution in [3.63, 3.8) is 0 Å². The summed E-state index contributed by atoms with van der Waals surface area (Å²) in [5.74, 6) is -7.09. The summed E-state index contributed by atoms with van der Waals surface area (Å²) in [6, 6.07) is 12.9. The molecule has 0 heterocycles. The average Bonchev–Trinajstić information content (AvgIpc) is 2.94. The first-order valence-electron chi connectivity index (χ1n) is 13.8. The van der Waals surface area contributed by atoms with Gasteiger partial charge in [0.2, 0.25) is 5.78 Å². The molecule has 10 heteroatoms. The van der Waals surface area contributed by atoms with E-state index < -0.39 is 58.0 Å². The van der Waals surface area contributed by atoms with Crippen molar-refractivity contribution in [2.75, 3.05) is 14.1 Å². The van der Waals surface area contributed by atoms with Gasteiger partial charge in [-0.25, -0.2) is 0 Å². The van der Waals surface area contributed by atoms with Gasteiger partial charge in [-0.15, -0.1) is 0 Å². The van der Waals surface area contributed by atoms with Gasteiger partial charge >= 0.3 is 0 Å². The first-order valence-corrected chi connectivity index (χ1v) is 13.8. The van der Waals surface area contributed by atoms with Crippen LogP contribution in [0.15, 0.2) is 65.4 Å². The Morgan fingerprint density at radius 3 is 2.23 bits per heavy atom. The van der Waals surface area contributed by atoms with Crippen LogP contribution in [0.5, 0.6) is 5.75 Å². The highest BCUT2D eigenvalue weighted by Crippen LogP contribution is 2.54. The van der Waals surface area contributed by atoms with Gasteiger partial charge in [0.25, 0.3) is 5.91 Å². The average molecular weight is 583 g/mol. The minimum absolute atomic E-state index is 0.00788. The summed E-state index contributed by atoms with van der Waals surface area (Å²) in [4.78, 5) is 53.4. The second-order valence-corrected chi connectivity index (χ2v) is 11.7. The van der Waals surface area contributed by atoms with Gasteiger partial charge in [-0.2, -0.15) is 0 Å². The third kappa shape index (κ3) is 3.80. The van der Waals surface area contributed by atoms with Crippen LogP contribution in [0.25, 0.3) is 27.7 Å². The lowest BCUT2D eigenvalue weighted by atomic mass is 9.57. The molecule has 10 nitrogen and oxygen atoms in total. The Kier molecular flexibility index (Phi) is 6.33. The number of phenolic OH excluding ortho intramolecular Hbond substituents is 1. The molecule has 1 amide bonds. The number of aliphatic hydroxyl groups excluding tert-OH is 2. The molecule has 3 aromatic carbocycles. The monoisotopic (exact) mass is 582 g/mol. The Balaban J connectivity index is 1.59. The summed E-state index contributed by atoms with van der Waals surface area (Å²) < 4.78 is 0. The predicted molar refractivity (Wildman–Crippen MR) is 157 cm³/mol. The zero-order chi connectivity index (χ0) is 31.1. The third-order valence-corrected chi connectivity index (χ3v) is 9.20. The Labute approximate surface area is 246 Å². The molecule has 4 atom stereocenters. The van der Waals surface area contributed by atoms with Gasteiger partial charge in [-0.3, -0.25) is 24.1 Å². The number of likely N-dealkylation sites (N-methyl/N-ethyl adjacent to an activating group) is 1. The number of aromatic hydroxyl groups is 1. The van der Waals surface area contributed by atoms with E-state index in [2.05, 4.69) is 0 Å². The lowest BCUT2D eigenvalue weighted by molar-refractivity contribution is -0.153. The maximum atomic E-state index is 14.1. The van der Waals surface area contributed by atoms with E-state index in [-0.39, 0.29) is 35.5 Å². The topological polar surface area (TPSA) is 178 Å². The number of Topliss-reactive ketones (excluding diaryl/α,β-unsaturated/α-hetero) is 3. The van der Waals surface area contributed by atoms with Gasteiger partial charge in [0, 0.05) is 17.1 Å². The van der Waals surface area contributed by atoms with Crippen molar-refractivity contribution in [1.29, 1.82) is 0 Å². The van der Waals surface area contributed by atoms with E-state index in [1.165, 1.54) is 17.9 Å². The molecule has 3 aromatic rings. The van der Waals surface area contributed by atoms with E-state index in [1.54, 1.807) is 26.2 Å². The van der Waals surface area contributed by atoms with Crippen molar-refractivity contribution in [2.45, 2.75) is 31.4 Å². The van der Waals surface area contributed by atoms with E-state index in [1.807, 2.05) is 30.3 Å².